The highest BCUT2D eigenvalue weighted by Gasteiger charge is 2.30. The van der Waals surface area contributed by atoms with Crippen molar-refractivity contribution in [2.24, 2.45) is 5.41 Å². The predicted molar refractivity (Wildman–Crippen MR) is 72.1 cm³/mol. The molecule has 5 heteroatoms. The highest BCUT2D eigenvalue weighted by atomic mass is 19.4. The zero-order valence-electron chi connectivity index (χ0n) is 12.1. The Morgan fingerprint density at radius 1 is 1.25 bits per heavy atom. The van der Waals surface area contributed by atoms with Gasteiger partial charge in [-0.05, 0) is 30.0 Å². The molecule has 2 nitrogen and oxygen atoms in total. The zero-order valence-corrected chi connectivity index (χ0v) is 12.1. The average Bonchev–Trinajstić information content (AvgIpc) is 2.25. The fourth-order valence-electron chi connectivity index (χ4n) is 1.84. The van der Waals surface area contributed by atoms with Gasteiger partial charge in [0, 0.05) is 6.42 Å². The molecule has 0 aromatic heterocycles. The third kappa shape index (κ3) is 5.23. The molecule has 20 heavy (non-hydrogen) atoms. The van der Waals surface area contributed by atoms with Gasteiger partial charge >= 0.3 is 6.18 Å². The summed E-state index contributed by atoms with van der Waals surface area (Å²) < 4.78 is 37.9. The third-order valence-corrected chi connectivity index (χ3v) is 2.78. The van der Waals surface area contributed by atoms with Gasteiger partial charge < -0.3 is 5.32 Å². The number of carbonyl (C=O) groups excluding carboxylic acids is 1. The summed E-state index contributed by atoms with van der Waals surface area (Å²) in [6.45, 7) is 7.47. The van der Waals surface area contributed by atoms with E-state index >= 15 is 0 Å². The Morgan fingerprint density at radius 3 is 2.35 bits per heavy atom. The van der Waals surface area contributed by atoms with Crippen molar-refractivity contribution in [1.82, 2.24) is 5.32 Å². The summed E-state index contributed by atoms with van der Waals surface area (Å²) in [5.41, 5.74) is -0.411. The van der Waals surface area contributed by atoms with E-state index in [9.17, 15) is 18.0 Å². The van der Waals surface area contributed by atoms with Gasteiger partial charge in [0.1, 0.15) is 0 Å². The van der Waals surface area contributed by atoms with Crippen molar-refractivity contribution in [3.8, 4) is 0 Å². The number of benzene rings is 1. The zero-order chi connectivity index (χ0) is 15.6. The first-order chi connectivity index (χ1) is 8.99. The molecule has 0 saturated heterocycles. The molecule has 1 N–H and O–H groups in total. The van der Waals surface area contributed by atoms with Gasteiger partial charge in [-0.3, -0.25) is 4.79 Å². The Kier molecular flexibility index (Phi) is 4.84. The molecule has 1 aromatic carbocycles. The first-order valence-corrected chi connectivity index (χ1v) is 6.45. The van der Waals surface area contributed by atoms with Gasteiger partial charge in [-0.1, -0.05) is 32.9 Å². The summed E-state index contributed by atoms with van der Waals surface area (Å²) in [5.74, 6) is -0.164. The molecular weight excluding hydrogens is 267 g/mol. The Hall–Kier alpha value is -1.52. The Bertz CT molecular complexity index is 475. The second-order valence-electron chi connectivity index (χ2n) is 6.15. The van der Waals surface area contributed by atoms with Crippen molar-refractivity contribution in [1.29, 1.82) is 0 Å². The molecule has 0 unspecified atom stereocenters. The Morgan fingerprint density at radius 2 is 1.85 bits per heavy atom. The molecule has 0 bridgehead atoms. The van der Waals surface area contributed by atoms with E-state index < -0.39 is 17.8 Å². The number of alkyl halides is 3. The summed E-state index contributed by atoms with van der Waals surface area (Å²) in [6.07, 6.45) is -4.04. The van der Waals surface area contributed by atoms with Gasteiger partial charge in [-0.2, -0.15) is 13.2 Å². The lowest BCUT2D eigenvalue weighted by molar-refractivity contribution is -0.137. The van der Waals surface area contributed by atoms with Gasteiger partial charge in [0.05, 0.1) is 11.6 Å². The minimum Gasteiger partial charge on any atom is -0.350 e. The summed E-state index contributed by atoms with van der Waals surface area (Å²) in [6, 6.07) is 4.57. The van der Waals surface area contributed by atoms with Crippen molar-refractivity contribution in [2.45, 2.75) is 46.3 Å². The minimum atomic E-state index is -4.37. The molecule has 1 aromatic rings. The van der Waals surface area contributed by atoms with E-state index in [0.717, 1.165) is 12.1 Å². The van der Waals surface area contributed by atoms with Crippen LogP contribution in [0.2, 0.25) is 0 Å². The van der Waals surface area contributed by atoms with Crippen LogP contribution < -0.4 is 5.32 Å². The van der Waals surface area contributed by atoms with Crippen LogP contribution in [0.5, 0.6) is 0 Å². The van der Waals surface area contributed by atoms with Crippen molar-refractivity contribution in [3.63, 3.8) is 0 Å². The van der Waals surface area contributed by atoms with E-state index in [1.165, 1.54) is 6.07 Å². The first kappa shape index (κ1) is 16.5. The van der Waals surface area contributed by atoms with Crippen LogP contribution in [0.1, 0.15) is 51.3 Å². The monoisotopic (exact) mass is 287 g/mol. The summed E-state index contributed by atoms with van der Waals surface area (Å²) >= 11 is 0. The number of hydrogen-bond donors (Lipinski definition) is 1. The SMILES string of the molecule is C[C@@H](NC(=O)CC(C)(C)C)c1cccc(C(F)(F)F)c1. The maximum absolute atomic E-state index is 12.6. The van der Waals surface area contributed by atoms with Crippen molar-refractivity contribution < 1.29 is 18.0 Å². The number of halogens is 3. The van der Waals surface area contributed by atoms with Crippen LogP contribution in [0.25, 0.3) is 0 Å². The quantitative estimate of drug-likeness (QED) is 0.881. The van der Waals surface area contributed by atoms with Gasteiger partial charge in [-0.25, -0.2) is 0 Å². The Labute approximate surface area is 117 Å². The van der Waals surface area contributed by atoms with Crippen LogP contribution >= 0.6 is 0 Å². The second-order valence-corrected chi connectivity index (χ2v) is 6.15. The lowest BCUT2D eigenvalue weighted by Crippen LogP contribution is -2.30. The first-order valence-electron chi connectivity index (χ1n) is 6.45. The Balaban J connectivity index is 2.78. The molecule has 1 rings (SSSR count). The van der Waals surface area contributed by atoms with Crippen LogP contribution in [-0.2, 0) is 11.0 Å². The standard InChI is InChI=1S/C15H20F3NO/c1-10(19-13(20)9-14(2,3)4)11-6-5-7-12(8-11)15(16,17)18/h5-8,10H,9H2,1-4H3,(H,19,20)/t10-/m1/s1. The number of nitrogens with one attached hydrogen (secondary N) is 1. The number of carbonyl (C=O) groups is 1. The van der Waals surface area contributed by atoms with Crippen LogP contribution in [0.4, 0.5) is 13.2 Å². The molecule has 0 aliphatic heterocycles. The molecule has 0 radical (unpaired) electrons. The van der Waals surface area contributed by atoms with Gasteiger partial charge in [0.2, 0.25) is 5.91 Å². The highest BCUT2D eigenvalue weighted by Crippen LogP contribution is 2.30. The third-order valence-electron chi connectivity index (χ3n) is 2.78. The maximum atomic E-state index is 12.6. The number of rotatable bonds is 3. The molecule has 112 valence electrons. The normalized spacial score (nSPS) is 13.9. The van der Waals surface area contributed by atoms with E-state index in [2.05, 4.69) is 5.32 Å². The van der Waals surface area contributed by atoms with Gasteiger partial charge in [0.15, 0.2) is 0 Å². The summed E-state index contributed by atoms with van der Waals surface area (Å²) in [5, 5.41) is 2.73. The van der Waals surface area contributed by atoms with Crippen LogP contribution in [0, 0.1) is 5.41 Å². The fraction of sp³-hybridized carbons (Fsp3) is 0.533. The van der Waals surface area contributed by atoms with Crippen molar-refractivity contribution in [3.05, 3.63) is 35.4 Å². The second kappa shape index (κ2) is 5.85. The molecule has 1 amide bonds. The summed E-state index contributed by atoms with van der Waals surface area (Å²) in [7, 11) is 0. The summed E-state index contributed by atoms with van der Waals surface area (Å²) in [4.78, 5) is 11.8. The minimum absolute atomic E-state index is 0.155. The highest BCUT2D eigenvalue weighted by molar-refractivity contribution is 5.77. The molecule has 0 aliphatic rings. The molecule has 0 spiro atoms. The molecule has 0 heterocycles. The van der Waals surface area contributed by atoms with E-state index in [0.29, 0.717) is 12.0 Å². The molecule has 0 aliphatic carbocycles. The molecule has 1 atom stereocenters. The topological polar surface area (TPSA) is 29.1 Å². The van der Waals surface area contributed by atoms with Crippen molar-refractivity contribution >= 4 is 5.91 Å². The molecule has 0 fully saturated rings. The van der Waals surface area contributed by atoms with Gasteiger partial charge in [0.25, 0.3) is 0 Å². The lowest BCUT2D eigenvalue weighted by atomic mass is 9.91. The van der Waals surface area contributed by atoms with E-state index in [1.54, 1.807) is 13.0 Å². The smallest absolute Gasteiger partial charge is 0.350 e. The maximum Gasteiger partial charge on any atom is 0.416 e. The van der Waals surface area contributed by atoms with Gasteiger partial charge in [-0.15, -0.1) is 0 Å². The average molecular weight is 287 g/mol. The number of hydrogen-bond acceptors (Lipinski definition) is 1. The van der Waals surface area contributed by atoms with E-state index in [-0.39, 0.29) is 11.3 Å². The fourth-order valence-corrected chi connectivity index (χ4v) is 1.84. The molecular formula is C15H20F3NO. The van der Waals surface area contributed by atoms with Crippen LogP contribution in [-0.4, -0.2) is 5.91 Å². The lowest BCUT2D eigenvalue weighted by Gasteiger charge is -2.21. The van der Waals surface area contributed by atoms with E-state index in [4.69, 9.17) is 0 Å². The molecule has 0 saturated carbocycles. The van der Waals surface area contributed by atoms with Crippen molar-refractivity contribution in [2.75, 3.05) is 0 Å². The van der Waals surface area contributed by atoms with E-state index in [1.807, 2.05) is 20.8 Å². The predicted octanol–water partition coefficient (Wildman–Crippen LogP) is 4.32. The van der Waals surface area contributed by atoms with Crippen LogP contribution in [0.3, 0.4) is 0 Å². The van der Waals surface area contributed by atoms with Crippen LogP contribution in [0.15, 0.2) is 24.3 Å². The largest absolute Gasteiger partial charge is 0.416 e. The number of amides is 1.